The molecule has 1 fully saturated rings. The van der Waals surface area contributed by atoms with Gasteiger partial charge in [-0.25, -0.2) is 4.98 Å². The van der Waals surface area contributed by atoms with E-state index in [-0.39, 0.29) is 5.91 Å². The lowest BCUT2D eigenvalue weighted by molar-refractivity contribution is 0.102. The molecular weight excluding hydrogens is 398 g/mol. The zero-order valence-corrected chi connectivity index (χ0v) is 18.0. The minimum Gasteiger partial charge on any atom is -0.493 e. The molecule has 0 aliphatic carbocycles. The van der Waals surface area contributed by atoms with Gasteiger partial charge in [-0.1, -0.05) is 18.5 Å². The standard InChI is InChI=1S/C20H26ClN3O3S/c1-4-27-18-16(21)8-14(9-17(18)26-3)19(25)23-20-22-15(12-28-20)11-24-7-5-6-13(2)10-24/h8-9,12-13H,4-7,10-11H2,1-3H3,(H,22,23,25). The van der Waals surface area contributed by atoms with Gasteiger partial charge in [0, 0.05) is 24.0 Å². The fraction of sp³-hybridized carbons (Fsp3) is 0.500. The molecule has 0 bridgehead atoms. The van der Waals surface area contributed by atoms with Gasteiger partial charge in [0.05, 0.1) is 24.4 Å². The van der Waals surface area contributed by atoms with Gasteiger partial charge in [0.25, 0.3) is 5.91 Å². The van der Waals surface area contributed by atoms with Crippen LogP contribution < -0.4 is 14.8 Å². The number of likely N-dealkylation sites (tertiary alicyclic amines) is 1. The molecule has 1 aliphatic rings. The largest absolute Gasteiger partial charge is 0.493 e. The minimum atomic E-state index is -0.282. The number of ether oxygens (including phenoxy) is 2. The number of rotatable bonds is 7. The van der Waals surface area contributed by atoms with Crippen LogP contribution in [0.1, 0.15) is 42.7 Å². The first kappa shape index (κ1) is 20.9. The molecule has 1 aliphatic heterocycles. The van der Waals surface area contributed by atoms with Crippen LogP contribution in [-0.2, 0) is 6.54 Å². The molecule has 6 nitrogen and oxygen atoms in total. The van der Waals surface area contributed by atoms with E-state index in [9.17, 15) is 4.79 Å². The topological polar surface area (TPSA) is 63.7 Å². The van der Waals surface area contributed by atoms with E-state index in [2.05, 4.69) is 22.1 Å². The molecule has 0 saturated carbocycles. The molecule has 1 atom stereocenters. The number of thiazole rings is 1. The third-order valence-corrected chi connectivity index (χ3v) is 5.77. The number of methoxy groups -OCH3 is 1. The quantitative estimate of drug-likeness (QED) is 0.700. The highest BCUT2D eigenvalue weighted by atomic mass is 35.5. The third kappa shape index (κ3) is 5.16. The molecule has 3 rings (SSSR count). The Morgan fingerprint density at radius 1 is 1.46 bits per heavy atom. The molecule has 1 aromatic carbocycles. The monoisotopic (exact) mass is 423 g/mol. The van der Waals surface area contributed by atoms with Crippen molar-refractivity contribution in [1.82, 2.24) is 9.88 Å². The average Bonchev–Trinajstić information content (AvgIpc) is 3.10. The van der Waals surface area contributed by atoms with Gasteiger partial charge < -0.3 is 9.47 Å². The normalized spacial score (nSPS) is 17.4. The molecule has 0 radical (unpaired) electrons. The molecule has 2 heterocycles. The Balaban J connectivity index is 1.66. The highest BCUT2D eigenvalue weighted by Gasteiger charge is 2.19. The van der Waals surface area contributed by atoms with E-state index in [0.29, 0.717) is 33.8 Å². The number of benzene rings is 1. The summed E-state index contributed by atoms with van der Waals surface area (Å²) in [5, 5.41) is 5.77. The van der Waals surface area contributed by atoms with Crippen LogP contribution in [0.3, 0.4) is 0 Å². The molecule has 1 saturated heterocycles. The highest BCUT2D eigenvalue weighted by molar-refractivity contribution is 7.14. The zero-order valence-electron chi connectivity index (χ0n) is 16.5. The maximum absolute atomic E-state index is 12.6. The van der Waals surface area contributed by atoms with E-state index in [1.807, 2.05) is 12.3 Å². The van der Waals surface area contributed by atoms with Crippen LogP contribution in [0.4, 0.5) is 5.13 Å². The second-order valence-electron chi connectivity index (χ2n) is 7.00. The van der Waals surface area contributed by atoms with Crippen LogP contribution in [-0.4, -0.2) is 42.6 Å². The summed E-state index contributed by atoms with van der Waals surface area (Å²) in [6, 6.07) is 3.20. The molecule has 0 spiro atoms. The first-order valence-electron chi connectivity index (χ1n) is 9.48. The first-order chi connectivity index (χ1) is 13.5. The number of hydrogen-bond acceptors (Lipinski definition) is 6. The van der Waals surface area contributed by atoms with Gasteiger partial charge in [0.2, 0.25) is 0 Å². The third-order valence-electron chi connectivity index (χ3n) is 4.68. The van der Waals surface area contributed by atoms with Crippen molar-refractivity contribution in [3.8, 4) is 11.5 Å². The van der Waals surface area contributed by atoms with Gasteiger partial charge >= 0.3 is 0 Å². The van der Waals surface area contributed by atoms with Crippen LogP contribution >= 0.6 is 22.9 Å². The Morgan fingerprint density at radius 2 is 2.29 bits per heavy atom. The maximum atomic E-state index is 12.6. The Morgan fingerprint density at radius 3 is 3.00 bits per heavy atom. The van der Waals surface area contributed by atoms with Gasteiger partial charge in [0.1, 0.15) is 0 Å². The Bertz CT molecular complexity index is 827. The first-order valence-corrected chi connectivity index (χ1v) is 10.7. The fourth-order valence-corrected chi connectivity index (χ4v) is 4.36. The molecule has 152 valence electrons. The van der Waals surface area contributed by atoms with Crippen LogP contribution in [0.2, 0.25) is 5.02 Å². The lowest BCUT2D eigenvalue weighted by atomic mass is 10.0. The smallest absolute Gasteiger partial charge is 0.257 e. The van der Waals surface area contributed by atoms with E-state index in [0.717, 1.165) is 31.2 Å². The number of nitrogens with zero attached hydrogens (tertiary/aromatic N) is 2. The number of piperidine rings is 1. The number of amides is 1. The average molecular weight is 424 g/mol. The Labute approximate surface area is 174 Å². The van der Waals surface area contributed by atoms with Crippen molar-refractivity contribution in [3.05, 3.63) is 33.8 Å². The van der Waals surface area contributed by atoms with E-state index in [1.165, 1.54) is 31.3 Å². The molecule has 28 heavy (non-hydrogen) atoms. The lowest BCUT2D eigenvalue weighted by Crippen LogP contribution is -2.33. The lowest BCUT2D eigenvalue weighted by Gasteiger charge is -2.30. The number of carbonyl (C=O) groups excluding carboxylic acids is 1. The van der Waals surface area contributed by atoms with Gasteiger partial charge in [-0.05, 0) is 44.4 Å². The summed E-state index contributed by atoms with van der Waals surface area (Å²) in [5.41, 5.74) is 1.38. The summed E-state index contributed by atoms with van der Waals surface area (Å²) < 4.78 is 10.8. The molecule has 1 amide bonds. The number of nitrogens with one attached hydrogen (secondary N) is 1. The predicted octanol–water partition coefficient (Wildman–Crippen LogP) is 4.69. The van der Waals surface area contributed by atoms with Gasteiger partial charge in [-0.2, -0.15) is 0 Å². The van der Waals surface area contributed by atoms with Crippen LogP contribution in [0.25, 0.3) is 0 Å². The summed E-state index contributed by atoms with van der Waals surface area (Å²) in [6.07, 6.45) is 2.53. The fourth-order valence-electron chi connectivity index (χ4n) is 3.40. The summed E-state index contributed by atoms with van der Waals surface area (Å²) >= 11 is 7.69. The predicted molar refractivity (Wildman–Crippen MR) is 113 cm³/mol. The van der Waals surface area contributed by atoms with Gasteiger partial charge in [-0.15, -0.1) is 11.3 Å². The SMILES string of the molecule is CCOc1c(Cl)cc(C(=O)Nc2nc(CN3CCCC(C)C3)cs2)cc1OC. The Hall–Kier alpha value is -1.83. The highest BCUT2D eigenvalue weighted by Crippen LogP contribution is 2.36. The molecular formula is C20H26ClN3O3S. The van der Waals surface area contributed by atoms with E-state index in [1.54, 1.807) is 12.1 Å². The second kappa shape index (κ2) is 9.58. The molecule has 8 heteroatoms. The van der Waals surface area contributed by atoms with Crippen molar-refractivity contribution in [3.63, 3.8) is 0 Å². The van der Waals surface area contributed by atoms with Crippen LogP contribution in [0.5, 0.6) is 11.5 Å². The van der Waals surface area contributed by atoms with E-state index in [4.69, 9.17) is 21.1 Å². The van der Waals surface area contributed by atoms with Crippen molar-refractivity contribution in [1.29, 1.82) is 0 Å². The number of hydrogen-bond donors (Lipinski definition) is 1. The summed E-state index contributed by atoms with van der Waals surface area (Å²) in [6.45, 7) is 7.63. The summed E-state index contributed by atoms with van der Waals surface area (Å²) in [5.74, 6) is 1.32. The molecule has 1 unspecified atom stereocenters. The van der Waals surface area contributed by atoms with Crippen molar-refractivity contribution in [2.75, 3.05) is 32.1 Å². The number of carbonyl (C=O) groups is 1. The minimum absolute atomic E-state index is 0.282. The van der Waals surface area contributed by atoms with Crippen LogP contribution in [0, 0.1) is 5.92 Å². The number of anilines is 1. The maximum Gasteiger partial charge on any atom is 0.257 e. The summed E-state index contributed by atoms with van der Waals surface area (Å²) in [7, 11) is 1.52. The summed E-state index contributed by atoms with van der Waals surface area (Å²) in [4.78, 5) is 19.6. The van der Waals surface area contributed by atoms with Crippen molar-refractivity contribution in [2.45, 2.75) is 33.2 Å². The van der Waals surface area contributed by atoms with Crippen molar-refractivity contribution < 1.29 is 14.3 Å². The second-order valence-corrected chi connectivity index (χ2v) is 8.27. The van der Waals surface area contributed by atoms with Gasteiger partial charge in [-0.3, -0.25) is 15.0 Å². The van der Waals surface area contributed by atoms with Crippen LogP contribution in [0.15, 0.2) is 17.5 Å². The molecule has 1 N–H and O–H groups in total. The van der Waals surface area contributed by atoms with Crippen molar-refractivity contribution in [2.24, 2.45) is 5.92 Å². The molecule has 2 aromatic rings. The van der Waals surface area contributed by atoms with Gasteiger partial charge in [0.15, 0.2) is 16.6 Å². The van der Waals surface area contributed by atoms with E-state index >= 15 is 0 Å². The van der Waals surface area contributed by atoms with Crippen molar-refractivity contribution >= 4 is 34.0 Å². The Kier molecular flexibility index (Phi) is 7.15. The van der Waals surface area contributed by atoms with E-state index < -0.39 is 0 Å². The number of aromatic nitrogens is 1. The molecule has 1 aromatic heterocycles. The number of halogens is 1. The zero-order chi connectivity index (χ0) is 20.1.